The molecule has 1 amide bonds. The van der Waals surface area contributed by atoms with E-state index >= 15 is 0 Å². The van der Waals surface area contributed by atoms with Crippen molar-refractivity contribution >= 4 is 5.91 Å². The van der Waals surface area contributed by atoms with Gasteiger partial charge in [0.15, 0.2) is 0 Å². The molecule has 1 N–H and O–H groups in total. The standard InChI is InChI=1S/C13H17FN2O3/c14-12-4-2-1-3-11(12)13(17)15-19-10-7-16-5-8-18-9-6-16/h1-4H,5-10H2,(H,15,17). The van der Waals surface area contributed by atoms with Crippen LogP contribution < -0.4 is 5.48 Å². The van der Waals surface area contributed by atoms with Gasteiger partial charge in [-0.05, 0) is 12.1 Å². The van der Waals surface area contributed by atoms with E-state index in [1.807, 2.05) is 0 Å². The van der Waals surface area contributed by atoms with Crippen LogP contribution in [-0.4, -0.2) is 50.3 Å². The predicted molar refractivity (Wildman–Crippen MR) is 67.1 cm³/mol. The van der Waals surface area contributed by atoms with Crippen LogP contribution in [0.1, 0.15) is 10.4 Å². The van der Waals surface area contributed by atoms with Crippen molar-refractivity contribution in [3.8, 4) is 0 Å². The van der Waals surface area contributed by atoms with E-state index in [0.717, 1.165) is 26.3 Å². The quantitative estimate of drug-likeness (QED) is 0.634. The number of hydrogen-bond donors (Lipinski definition) is 1. The summed E-state index contributed by atoms with van der Waals surface area (Å²) in [4.78, 5) is 18.8. The number of morpholine rings is 1. The number of rotatable bonds is 5. The second-order valence-electron chi connectivity index (χ2n) is 4.21. The molecule has 1 heterocycles. The topological polar surface area (TPSA) is 50.8 Å². The minimum Gasteiger partial charge on any atom is -0.379 e. The Kier molecular flexibility index (Phi) is 5.26. The highest BCUT2D eigenvalue weighted by atomic mass is 19.1. The van der Waals surface area contributed by atoms with Crippen molar-refractivity contribution in [1.82, 2.24) is 10.4 Å². The highest BCUT2D eigenvalue weighted by molar-refractivity contribution is 5.93. The second-order valence-corrected chi connectivity index (χ2v) is 4.21. The molecule has 2 rings (SSSR count). The molecule has 1 fully saturated rings. The van der Waals surface area contributed by atoms with Gasteiger partial charge in [0, 0.05) is 19.6 Å². The minimum absolute atomic E-state index is 0.0196. The molecule has 0 radical (unpaired) electrons. The Morgan fingerprint density at radius 3 is 2.84 bits per heavy atom. The van der Waals surface area contributed by atoms with Crippen LogP contribution >= 0.6 is 0 Å². The third kappa shape index (κ3) is 4.27. The molecule has 104 valence electrons. The van der Waals surface area contributed by atoms with Crippen LogP contribution in [0.2, 0.25) is 0 Å². The van der Waals surface area contributed by atoms with Crippen molar-refractivity contribution in [2.45, 2.75) is 0 Å². The van der Waals surface area contributed by atoms with Crippen LogP contribution in [0, 0.1) is 5.82 Å². The number of benzene rings is 1. The molecule has 0 bridgehead atoms. The highest BCUT2D eigenvalue weighted by Crippen LogP contribution is 2.05. The molecule has 1 aliphatic rings. The lowest BCUT2D eigenvalue weighted by Gasteiger charge is -2.26. The molecule has 0 aromatic heterocycles. The van der Waals surface area contributed by atoms with Crippen LogP contribution in [0.5, 0.6) is 0 Å². The first kappa shape index (κ1) is 13.9. The van der Waals surface area contributed by atoms with Gasteiger partial charge in [-0.3, -0.25) is 14.5 Å². The molecular weight excluding hydrogens is 251 g/mol. The predicted octanol–water partition coefficient (Wildman–Crippen LogP) is 0.819. The third-order valence-electron chi connectivity index (χ3n) is 2.90. The summed E-state index contributed by atoms with van der Waals surface area (Å²) >= 11 is 0. The third-order valence-corrected chi connectivity index (χ3v) is 2.90. The minimum atomic E-state index is -0.569. The summed E-state index contributed by atoms with van der Waals surface area (Å²) < 4.78 is 18.5. The van der Waals surface area contributed by atoms with Gasteiger partial charge in [-0.2, -0.15) is 0 Å². The molecule has 0 spiro atoms. The Bertz CT molecular complexity index is 422. The molecule has 5 nitrogen and oxygen atoms in total. The average Bonchev–Trinajstić information content (AvgIpc) is 2.45. The van der Waals surface area contributed by atoms with Crippen LogP contribution in [0.3, 0.4) is 0 Å². The summed E-state index contributed by atoms with van der Waals surface area (Å²) in [5, 5.41) is 0. The first-order valence-corrected chi connectivity index (χ1v) is 6.24. The van der Waals surface area contributed by atoms with Gasteiger partial charge in [0.1, 0.15) is 5.82 Å². The summed E-state index contributed by atoms with van der Waals surface area (Å²) in [6, 6.07) is 5.79. The van der Waals surface area contributed by atoms with E-state index in [2.05, 4.69) is 10.4 Å². The largest absolute Gasteiger partial charge is 0.379 e. The number of hydrogen-bond acceptors (Lipinski definition) is 4. The maximum absolute atomic E-state index is 13.3. The van der Waals surface area contributed by atoms with Gasteiger partial charge in [-0.15, -0.1) is 0 Å². The molecule has 19 heavy (non-hydrogen) atoms. The maximum atomic E-state index is 13.3. The van der Waals surface area contributed by atoms with Crippen LogP contribution in [0.4, 0.5) is 4.39 Å². The lowest BCUT2D eigenvalue weighted by molar-refractivity contribution is -0.00190. The van der Waals surface area contributed by atoms with E-state index in [9.17, 15) is 9.18 Å². The Hall–Kier alpha value is -1.50. The number of carbonyl (C=O) groups excluding carboxylic acids is 1. The van der Waals surface area contributed by atoms with E-state index in [0.29, 0.717) is 13.2 Å². The van der Waals surface area contributed by atoms with Gasteiger partial charge in [0.2, 0.25) is 0 Å². The van der Waals surface area contributed by atoms with Gasteiger partial charge >= 0.3 is 0 Å². The summed E-state index contributed by atoms with van der Waals surface area (Å²) in [6.07, 6.45) is 0. The summed E-state index contributed by atoms with van der Waals surface area (Å²) in [5.41, 5.74) is 2.22. The Balaban J connectivity index is 1.68. The second kappa shape index (κ2) is 7.18. The molecule has 1 aromatic rings. The summed E-state index contributed by atoms with van der Waals surface area (Å²) in [7, 11) is 0. The molecule has 1 aromatic carbocycles. The number of halogens is 1. The highest BCUT2D eigenvalue weighted by Gasteiger charge is 2.12. The molecule has 6 heteroatoms. The zero-order valence-corrected chi connectivity index (χ0v) is 10.6. The van der Waals surface area contributed by atoms with Gasteiger partial charge < -0.3 is 4.74 Å². The molecule has 0 atom stereocenters. The van der Waals surface area contributed by atoms with Crippen molar-refractivity contribution < 1.29 is 18.8 Å². The van der Waals surface area contributed by atoms with Gasteiger partial charge in [-0.1, -0.05) is 12.1 Å². The number of nitrogens with one attached hydrogen (secondary N) is 1. The van der Waals surface area contributed by atoms with Gasteiger partial charge in [-0.25, -0.2) is 9.87 Å². The number of ether oxygens (including phenoxy) is 1. The van der Waals surface area contributed by atoms with E-state index < -0.39 is 11.7 Å². The van der Waals surface area contributed by atoms with E-state index in [4.69, 9.17) is 9.57 Å². The van der Waals surface area contributed by atoms with Crippen molar-refractivity contribution in [2.24, 2.45) is 0 Å². The van der Waals surface area contributed by atoms with Crippen molar-refractivity contribution in [1.29, 1.82) is 0 Å². The number of carbonyl (C=O) groups is 1. The van der Waals surface area contributed by atoms with Crippen LogP contribution in [0.25, 0.3) is 0 Å². The van der Waals surface area contributed by atoms with E-state index in [-0.39, 0.29) is 5.56 Å². The fraction of sp³-hybridized carbons (Fsp3) is 0.462. The molecule has 0 unspecified atom stereocenters. The molecule has 0 saturated carbocycles. The fourth-order valence-corrected chi connectivity index (χ4v) is 1.82. The van der Waals surface area contributed by atoms with Gasteiger partial charge in [0.05, 0.1) is 25.4 Å². The Morgan fingerprint density at radius 1 is 1.37 bits per heavy atom. The first-order valence-electron chi connectivity index (χ1n) is 6.24. The zero-order valence-electron chi connectivity index (χ0n) is 10.6. The average molecular weight is 268 g/mol. The smallest absolute Gasteiger partial charge is 0.277 e. The Morgan fingerprint density at radius 2 is 2.11 bits per heavy atom. The number of amides is 1. The van der Waals surface area contributed by atoms with Crippen molar-refractivity contribution in [3.05, 3.63) is 35.6 Å². The fourth-order valence-electron chi connectivity index (χ4n) is 1.82. The van der Waals surface area contributed by atoms with Crippen molar-refractivity contribution in [3.63, 3.8) is 0 Å². The lowest BCUT2D eigenvalue weighted by Crippen LogP contribution is -2.39. The Labute approximate surface area is 111 Å². The molecule has 1 aliphatic heterocycles. The molecular formula is C13H17FN2O3. The maximum Gasteiger partial charge on any atom is 0.277 e. The number of hydroxylamine groups is 1. The summed E-state index contributed by atoms with van der Waals surface area (Å²) in [5.74, 6) is -1.13. The van der Waals surface area contributed by atoms with Crippen LogP contribution in [0.15, 0.2) is 24.3 Å². The van der Waals surface area contributed by atoms with E-state index in [1.165, 1.54) is 18.2 Å². The van der Waals surface area contributed by atoms with Crippen molar-refractivity contribution in [2.75, 3.05) is 39.5 Å². The first-order chi connectivity index (χ1) is 9.27. The zero-order chi connectivity index (χ0) is 13.5. The molecule has 1 saturated heterocycles. The normalized spacial score (nSPS) is 16.3. The lowest BCUT2D eigenvalue weighted by atomic mass is 10.2. The SMILES string of the molecule is O=C(NOCCN1CCOCC1)c1ccccc1F. The monoisotopic (exact) mass is 268 g/mol. The molecule has 0 aliphatic carbocycles. The summed E-state index contributed by atoms with van der Waals surface area (Å²) in [6.45, 7) is 4.25. The van der Waals surface area contributed by atoms with E-state index in [1.54, 1.807) is 6.07 Å². The number of nitrogens with zero attached hydrogens (tertiary/aromatic N) is 1. The van der Waals surface area contributed by atoms with Gasteiger partial charge in [0.25, 0.3) is 5.91 Å². The van der Waals surface area contributed by atoms with Crippen LogP contribution in [-0.2, 0) is 9.57 Å².